The van der Waals surface area contributed by atoms with Crippen molar-refractivity contribution in [3.63, 3.8) is 0 Å². The van der Waals surface area contributed by atoms with Crippen molar-refractivity contribution in [2.24, 2.45) is 5.10 Å². The van der Waals surface area contributed by atoms with E-state index in [0.717, 1.165) is 5.56 Å². The Labute approximate surface area is 132 Å². The van der Waals surface area contributed by atoms with Crippen LogP contribution in [0, 0.1) is 0 Å². The predicted molar refractivity (Wildman–Crippen MR) is 84.3 cm³/mol. The lowest BCUT2D eigenvalue weighted by molar-refractivity contribution is -0.118. The fourth-order valence-electron chi connectivity index (χ4n) is 1.60. The molecule has 1 amide bonds. The number of carbonyl (C=O) groups excluding carboxylic acids is 2. The number of ether oxygens (including phenoxy) is 1. The summed E-state index contributed by atoms with van der Waals surface area (Å²) in [6, 6.07) is 13.2. The van der Waals surface area contributed by atoms with Gasteiger partial charge in [-0.05, 0) is 48.0 Å². The normalized spacial score (nSPS) is 10.5. The summed E-state index contributed by atoms with van der Waals surface area (Å²) in [5.41, 5.74) is 3.44. The molecule has 6 heteroatoms. The van der Waals surface area contributed by atoms with E-state index in [1.807, 2.05) is 0 Å². The number of hydrogen-bond acceptors (Lipinski definition) is 4. The van der Waals surface area contributed by atoms with Gasteiger partial charge in [0.25, 0.3) is 0 Å². The van der Waals surface area contributed by atoms with Crippen LogP contribution in [-0.2, 0) is 4.79 Å². The Kier molecular flexibility index (Phi) is 5.27. The molecule has 0 aromatic heterocycles. The molecule has 5 nitrogen and oxygen atoms in total. The molecule has 0 atom stereocenters. The first-order chi connectivity index (χ1) is 10.5. The molecule has 0 fully saturated rings. The Morgan fingerprint density at radius 2 is 1.91 bits per heavy atom. The van der Waals surface area contributed by atoms with E-state index in [0.29, 0.717) is 16.3 Å². The van der Waals surface area contributed by atoms with E-state index in [1.165, 1.54) is 13.1 Å². The summed E-state index contributed by atoms with van der Waals surface area (Å²) in [6.45, 7) is 1.37. The van der Waals surface area contributed by atoms with E-state index in [4.69, 9.17) is 16.3 Å². The Morgan fingerprint density at radius 3 is 2.55 bits per heavy atom. The van der Waals surface area contributed by atoms with E-state index in [9.17, 15) is 9.59 Å². The van der Waals surface area contributed by atoms with E-state index in [2.05, 4.69) is 10.5 Å². The maximum atomic E-state index is 11.9. The topological polar surface area (TPSA) is 67.8 Å². The van der Waals surface area contributed by atoms with Crippen molar-refractivity contribution in [3.8, 4) is 5.75 Å². The third-order valence-electron chi connectivity index (χ3n) is 2.59. The minimum Gasteiger partial charge on any atom is -0.423 e. The Balaban J connectivity index is 2.00. The second-order valence-corrected chi connectivity index (χ2v) is 4.83. The lowest BCUT2D eigenvalue weighted by atomic mass is 10.2. The van der Waals surface area contributed by atoms with E-state index in [1.54, 1.807) is 48.5 Å². The van der Waals surface area contributed by atoms with Gasteiger partial charge >= 0.3 is 5.97 Å². The molecule has 2 aromatic rings. The van der Waals surface area contributed by atoms with Gasteiger partial charge in [-0.25, -0.2) is 10.2 Å². The van der Waals surface area contributed by atoms with Crippen molar-refractivity contribution in [2.45, 2.75) is 6.92 Å². The van der Waals surface area contributed by atoms with E-state index < -0.39 is 5.97 Å². The maximum Gasteiger partial charge on any atom is 0.343 e. The summed E-state index contributed by atoms with van der Waals surface area (Å²) in [7, 11) is 0. The SMILES string of the molecule is CC(=O)NN=Cc1ccc(OC(=O)c2cccc(Cl)c2)cc1. The standard InChI is InChI=1S/C16H13ClN2O3/c1-11(20)19-18-10-12-5-7-15(8-6-12)22-16(21)13-3-2-4-14(17)9-13/h2-10H,1H3,(H,19,20). The summed E-state index contributed by atoms with van der Waals surface area (Å²) >= 11 is 5.83. The molecule has 2 aromatic carbocycles. The molecular formula is C16H13ClN2O3. The van der Waals surface area contributed by atoms with Crippen LogP contribution in [0.1, 0.15) is 22.8 Å². The van der Waals surface area contributed by atoms with Gasteiger partial charge in [-0.2, -0.15) is 5.10 Å². The van der Waals surface area contributed by atoms with E-state index >= 15 is 0 Å². The number of nitrogens with one attached hydrogen (secondary N) is 1. The van der Waals surface area contributed by atoms with Gasteiger partial charge in [-0.3, -0.25) is 4.79 Å². The summed E-state index contributed by atoms with van der Waals surface area (Å²) in [5.74, 6) is -0.327. The molecule has 112 valence electrons. The average molecular weight is 317 g/mol. The lowest BCUT2D eigenvalue weighted by Crippen LogP contribution is -2.12. The summed E-state index contributed by atoms with van der Waals surface area (Å²) in [5, 5.41) is 4.21. The average Bonchev–Trinajstić information content (AvgIpc) is 2.48. The fourth-order valence-corrected chi connectivity index (χ4v) is 1.79. The highest BCUT2D eigenvalue weighted by Gasteiger charge is 2.08. The first-order valence-corrected chi connectivity index (χ1v) is 6.80. The quantitative estimate of drug-likeness (QED) is 0.408. The van der Waals surface area contributed by atoms with Gasteiger partial charge in [-0.15, -0.1) is 0 Å². The van der Waals surface area contributed by atoms with Crippen molar-refractivity contribution in [2.75, 3.05) is 0 Å². The molecule has 0 aliphatic rings. The molecule has 0 spiro atoms. The van der Waals surface area contributed by atoms with Crippen LogP contribution in [0.15, 0.2) is 53.6 Å². The van der Waals surface area contributed by atoms with E-state index in [-0.39, 0.29) is 5.91 Å². The number of nitrogens with zero attached hydrogens (tertiary/aromatic N) is 1. The van der Waals surface area contributed by atoms with Crippen LogP contribution in [0.3, 0.4) is 0 Å². The summed E-state index contributed by atoms with van der Waals surface area (Å²) < 4.78 is 5.24. The van der Waals surface area contributed by atoms with Crippen LogP contribution in [-0.4, -0.2) is 18.1 Å². The molecule has 0 unspecified atom stereocenters. The number of hydrazone groups is 1. The maximum absolute atomic E-state index is 11.9. The third-order valence-corrected chi connectivity index (χ3v) is 2.82. The van der Waals surface area contributed by atoms with Crippen LogP contribution >= 0.6 is 11.6 Å². The smallest absolute Gasteiger partial charge is 0.343 e. The molecule has 22 heavy (non-hydrogen) atoms. The molecule has 0 aliphatic carbocycles. The molecule has 2 rings (SSSR count). The van der Waals surface area contributed by atoms with Crippen LogP contribution in [0.25, 0.3) is 0 Å². The molecule has 1 N–H and O–H groups in total. The second kappa shape index (κ2) is 7.38. The molecule has 0 aliphatic heterocycles. The summed E-state index contributed by atoms with van der Waals surface area (Å²) in [4.78, 5) is 22.6. The first kappa shape index (κ1) is 15.7. The fraction of sp³-hybridized carbons (Fsp3) is 0.0625. The van der Waals surface area contributed by atoms with Crippen molar-refractivity contribution in [1.82, 2.24) is 5.43 Å². The van der Waals surface area contributed by atoms with Crippen LogP contribution < -0.4 is 10.2 Å². The van der Waals surface area contributed by atoms with Gasteiger partial charge in [0.2, 0.25) is 5.91 Å². The van der Waals surface area contributed by atoms with Crippen molar-refractivity contribution >= 4 is 29.7 Å². The molecule has 0 radical (unpaired) electrons. The minimum absolute atomic E-state index is 0.247. The number of hydrogen-bond donors (Lipinski definition) is 1. The highest BCUT2D eigenvalue weighted by molar-refractivity contribution is 6.30. The Hall–Kier alpha value is -2.66. The monoisotopic (exact) mass is 316 g/mol. The van der Waals surface area contributed by atoms with Gasteiger partial charge in [0.15, 0.2) is 0 Å². The van der Waals surface area contributed by atoms with Gasteiger partial charge in [0.1, 0.15) is 5.75 Å². The molecule has 0 heterocycles. The molecule has 0 saturated carbocycles. The zero-order valence-corrected chi connectivity index (χ0v) is 12.5. The van der Waals surface area contributed by atoms with Crippen LogP contribution in [0.5, 0.6) is 5.75 Å². The largest absolute Gasteiger partial charge is 0.423 e. The number of benzene rings is 2. The Morgan fingerprint density at radius 1 is 1.18 bits per heavy atom. The van der Waals surface area contributed by atoms with Crippen molar-refractivity contribution in [3.05, 3.63) is 64.7 Å². The highest BCUT2D eigenvalue weighted by atomic mass is 35.5. The lowest BCUT2D eigenvalue weighted by Gasteiger charge is -2.04. The van der Waals surface area contributed by atoms with Gasteiger partial charge in [-0.1, -0.05) is 17.7 Å². The van der Waals surface area contributed by atoms with Gasteiger partial charge < -0.3 is 4.74 Å². The second-order valence-electron chi connectivity index (χ2n) is 4.40. The van der Waals surface area contributed by atoms with Crippen LogP contribution in [0.4, 0.5) is 0 Å². The third kappa shape index (κ3) is 4.71. The highest BCUT2D eigenvalue weighted by Crippen LogP contribution is 2.16. The van der Waals surface area contributed by atoms with Gasteiger partial charge in [0.05, 0.1) is 11.8 Å². The van der Waals surface area contributed by atoms with Crippen molar-refractivity contribution < 1.29 is 14.3 Å². The first-order valence-electron chi connectivity index (χ1n) is 6.42. The molecular weight excluding hydrogens is 304 g/mol. The van der Waals surface area contributed by atoms with Crippen LogP contribution in [0.2, 0.25) is 5.02 Å². The van der Waals surface area contributed by atoms with Gasteiger partial charge in [0, 0.05) is 11.9 Å². The number of amides is 1. The zero-order chi connectivity index (χ0) is 15.9. The predicted octanol–water partition coefficient (Wildman–Crippen LogP) is 3.03. The number of halogens is 1. The molecule has 0 saturated heterocycles. The number of esters is 1. The Bertz CT molecular complexity index is 712. The summed E-state index contributed by atoms with van der Waals surface area (Å²) in [6.07, 6.45) is 1.49. The van der Waals surface area contributed by atoms with Crippen molar-refractivity contribution in [1.29, 1.82) is 0 Å². The minimum atomic E-state index is -0.484. The number of carbonyl (C=O) groups is 2. The zero-order valence-electron chi connectivity index (χ0n) is 11.7. The number of rotatable bonds is 4. The molecule has 0 bridgehead atoms.